The lowest BCUT2D eigenvalue weighted by atomic mass is 10.1. The van der Waals surface area contributed by atoms with Crippen molar-refractivity contribution in [3.63, 3.8) is 0 Å². The Balaban J connectivity index is 1.82. The molecule has 2 aromatic heterocycles. The van der Waals surface area contributed by atoms with Gasteiger partial charge in [0.15, 0.2) is 11.5 Å². The van der Waals surface area contributed by atoms with Crippen LogP contribution in [0.15, 0.2) is 36.9 Å². The maximum Gasteiger partial charge on any atom is 0.182 e. The number of H-pyrrole nitrogens is 1. The average Bonchev–Trinajstić information content (AvgIpc) is 3.11. The van der Waals surface area contributed by atoms with Crippen LogP contribution in [0.3, 0.4) is 0 Å². The lowest BCUT2D eigenvalue weighted by Crippen LogP contribution is -2.30. The number of benzene rings is 1. The number of nitrogens with zero attached hydrogens (tertiary/aromatic N) is 4. The van der Waals surface area contributed by atoms with Gasteiger partial charge in [0.1, 0.15) is 11.8 Å². The van der Waals surface area contributed by atoms with E-state index in [1.54, 1.807) is 6.33 Å². The number of rotatable bonds is 8. The van der Waals surface area contributed by atoms with E-state index in [0.29, 0.717) is 23.2 Å². The SMILES string of the molecule is CC(c1cccc(Nc2ncnc3nc[nH]c23)c1)N(CCCl)CCCl. The zero-order valence-electron chi connectivity index (χ0n) is 13.9. The first kappa shape index (κ1) is 17.9. The topological polar surface area (TPSA) is 69.7 Å². The fourth-order valence-corrected chi connectivity index (χ4v) is 3.23. The van der Waals surface area contributed by atoms with Gasteiger partial charge in [0, 0.05) is 36.6 Å². The van der Waals surface area contributed by atoms with Crippen molar-refractivity contribution in [2.75, 3.05) is 30.2 Å². The Morgan fingerprint density at radius 3 is 2.72 bits per heavy atom. The maximum absolute atomic E-state index is 5.93. The Morgan fingerprint density at radius 1 is 1.16 bits per heavy atom. The van der Waals surface area contributed by atoms with Gasteiger partial charge in [-0.25, -0.2) is 15.0 Å². The van der Waals surface area contributed by atoms with E-state index in [4.69, 9.17) is 23.2 Å². The second-order valence-corrected chi connectivity index (χ2v) is 6.42. The molecule has 0 bridgehead atoms. The van der Waals surface area contributed by atoms with Crippen LogP contribution in [-0.4, -0.2) is 49.7 Å². The molecule has 6 nitrogen and oxygen atoms in total. The largest absolute Gasteiger partial charge is 0.340 e. The summed E-state index contributed by atoms with van der Waals surface area (Å²) in [6, 6.07) is 8.48. The van der Waals surface area contributed by atoms with Crippen molar-refractivity contribution in [3.05, 3.63) is 42.5 Å². The van der Waals surface area contributed by atoms with Crippen molar-refractivity contribution < 1.29 is 0 Å². The standard InChI is InChI=1S/C17H20Cl2N6/c1-12(25(7-5-18)8-6-19)13-3-2-4-14(9-13)24-17-15-16(21-10-20-15)22-11-23-17/h2-4,9-12H,5-8H2,1H3,(H2,20,21,22,23,24). The van der Waals surface area contributed by atoms with Crippen LogP contribution in [0.4, 0.5) is 11.5 Å². The number of aromatic amines is 1. The summed E-state index contributed by atoms with van der Waals surface area (Å²) in [6.07, 6.45) is 3.11. The zero-order valence-corrected chi connectivity index (χ0v) is 15.4. The Kier molecular flexibility index (Phi) is 6.07. The van der Waals surface area contributed by atoms with Gasteiger partial charge >= 0.3 is 0 Å². The van der Waals surface area contributed by atoms with Gasteiger partial charge in [-0.3, -0.25) is 4.90 Å². The van der Waals surface area contributed by atoms with Crippen molar-refractivity contribution in [1.82, 2.24) is 24.8 Å². The van der Waals surface area contributed by atoms with Crippen LogP contribution >= 0.6 is 23.2 Å². The zero-order chi connectivity index (χ0) is 17.6. The van der Waals surface area contributed by atoms with E-state index in [-0.39, 0.29) is 6.04 Å². The van der Waals surface area contributed by atoms with Crippen LogP contribution in [0.25, 0.3) is 11.2 Å². The first-order valence-corrected chi connectivity index (χ1v) is 9.17. The Hall–Kier alpha value is -1.89. The third-order valence-corrected chi connectivity index (χ3v) is 4.48. The molecule has 25 heavy (non-hydrogen) atoms. The minimum Gasteiger partial charge on any atom is -0.340 e. The number of hydrogen-bond donors (Lipinski definition) is 2. The number of imidazole rings is 1. The molecule has 8 heteroatoms. The third kappa shape index (κ3) is 4.21. The number of aromatic nitrogens is 4. The normalized spacial score (nSPS) is 12.6. The first-order chi connectivity index (χ1) is 12.2. The highest BCUT2D eigenvalue weighted by Gasteiger charge is 2.15. The van der Waals surface area contributed by atoms with E-state index in [9.17, 15) is 0 Å². The lowest BCUT2D eigenvalue weighted by Gasteiger charge is -2.28. The minimum absolute atomic E-state index is 0.219. The van der Waals surface area contributed by atoms with Crippen LogP contribution in [0.5, 0.6) is 0 Å². The average molecular weight is 379 g/mol. The molecule has 0 aliphatic rings. The van der Waals surface area contributed by atoms with Crippen LogP contribution in [-0.2, 0) is 0 Å². The Bertz CT molecular complexity index is 816. The van der Waals surface area contributed by atoms with E-state index in [1.165, 1.54) is 11.9 Å². The highest BCUT2D eigenvalue weighted by atomic mass is 35.5. The summed E-state index contributed by atoms with van der Waals surface area (Å²) in [4.78, 5) is 17.9. The number of hydrogen-bond acceptors (Lipinski definition) is 5. The van der Waals surface area contributed by atoms with Crippen molar-refractivity contribution >= 4 is 45.9 Å². The molecule has 0 aliphatic carbocycles. The monoisotopic (exact) mass is 378 g/mol. The number of alkyl halides is 2. The fraction of sp³-hybridized carbons (Fsp3) is 0.353. The van der Waals surface area contributed by atoms with Gasteiger partial charge in [-0.05, 0) is 24.6 Å². The van der Waals surface area contributed by atoms with Gasteiger partial charge in [0.2, 0.25) is 0 Å². The van der Waals surface area contributed by atoms with Gasteiger partial charge in [0.25, 0.3) is 0 Å². The lowest BCUT2D eigenvalue weighted by molar-refractivity contribution is 0.237. The summed E-state index contributed by atoms with van der Waals surface area (Å²) in [5.74, 6) is 1.86. The second-order valence-electron chi connectivity index (χ2n) is 5.66. The molecule has 0 aliphatic heterocycles. The molecule has 3 aromatic rings. The predicted octanol–water partition coefficient (Wildman–Crippen LogP) is 3.94. The molecule has 0 amide bonds. The van der Waals surface area contributed by atoms with Crippen LogP contribution in [0, 0.1) is 0 Å². The molecule has 0 saturated carbocycles. The molecule has 2 heterocycles. The number of anilines is 2. The Labute approximate surface area is 156 Å². The van der Waals surface area contributed by atoms with Crippen molar-refractivity contribution in [2.45, 2.75) is 13.0 Å². The molecule has 132 valence electrons. The van der Waals surface area contributed by atoms with Gasteiger partial charge in [0.05, 0.1) is 6.33 Å². The molecule has 1 unspecified atom stereocenters. The van der Waals surface area contributed by atoms with Crippen molar-refractivity contribution in [3.8, 4) is 0 Å². The summed E-state index contributed by atoms with van der Waals surface area (Å²) in [5.41, 5.74) is 3.56. The maximum atomic E-state index is 5.93. The van der Waals surface area contributed by atoms with Crippen LogP contribution < -0.4 is 5.32 Å². The van der Waals surface area contributed by atoms with E-state index in [0.717, 1.165) is 24.3 Å². The van der Waals surface area contributed by atoms with Gasteiger partial charge < -0.3 is 10.3 Å². The molecule has 0 spiro atoms. The molecule has 1 aromatic carbocycles. The van der Waals surface area contributed by atoms with E-state index in [2.05, 4.69) is 49.2 Å². The van der Waals surface area contributed by atoms with Crippen molar-refractivity contribution in [1.29, 1.82) is 0 Å². The molecule has 0 saturated heterocycles. The summed E-state index contributed by atoms with van der Waals surface area (Å²) in [5, 5.41) is 3.34. The van der Waals surface area contributed by atoms with Crippen molar-refractivity contribution in [2.24, 2.45) is 0 Å². The van der Waals surface area contributed by atoms with Gasteiger partial charge in [-0.1, -0.05) is 12.1 Å². The summed E-state index contributed by atoms with van der Waals surface area (Å²) in [7, 11) is 0. The molecule has 2 N–H and O–H groups in total. The van der Waals surface area contributed by atoms with E-state index in [1.807, 2.05) is 12.1 Å². The quantitative estimate of drug-likeness (QED) is 0.581. The van der Waals surface area contributed by atoms with Gasteiger partial charge in [-0.15, -0.1) is 23.2 Å². The number of nitrogens with one attached hydrogen (secondary N) is 2. The Morgan fingerprint density at radius 2 is 1.96 bits per heavy atom. The minimum atomic E-state index is 0.219. The second kappa shape index (κ2) is 8.47. The molecule has 3 rings (SSSR count). The summed E-state index contributed by atoms with van der Waals surface area (Å²) < 4.78 is 0. The summed E-state index contributed by atoms with van der Waals surface area (Å²) in [6.45, 7) is 3.76. The highest BCUT2D eigenvalue weighted by Crippen LogP contribution is 2.26. The molecular weight excluding hydrogens is 359 g/mol. The number of fused-ring (bicyclic) bond motifs is 1. The number of halogens is 2. The summed E-state index contributed by atoms with van der Waals surface area (Å²) >= 11 is 11.9. The molecule has 1 atom stereocenters. The predicted molar refractivity (Wildman–Crippen MR) is 103 cm³/mol. The first-order valence-electron chi connectivity index (χ1n) is 8.10. The van der Waals surface area contributed by atoms with E-state index < -0.39 is 0 Å². The van der Waals surface area contributed by atoms with Crippen LogP contribution in [0.2, 0.25) is 0 Å². The van der Waals surface area contributed by atoms with Gasteiger partial charge in [-0.2, -0.15) is 0 Å². The van der Waals surface area contributed by atoms with E-state index >= 15 is 0 Å². The van der Waals surface area contributed by atoms with Crippen LogP contribution in [0.1, 0.15) is 18.5 Å². The highest BCUT2D eigenvalue weighted by molar-refractivity contribution is 6.18. The smallest absolute Gasteiger partial charge is 0.182 e. The molecular formula is C17H20Cl2N6. The third-order valence-electron chi connectivity index (χ3n) is 4.15. The molecule has 0 radical (unpaired) electrons. The molecule has 0 fully saturated rings. The fourth-order valence-electron chi connectivity index (χ4n) is 2.80.